The molecule has 4 N–H and O–H groups in total. The zero-order valence-electron chi connectivity index (χ0n) is 20.5. The Morgan fingerprint density at radius 1 is 1.39 bits per heavy atom. The van der Waals surface area contributed by atoms with Gasteiger partial charge in [-0.25, -0.2) is 14.6 Å². The van der Waals surface area contributed by atoms with E-state index in [1.54, 1.807) is 30.4 Å². The predicted octanol–water partition coefficient (Wildman–Crippen LogP) is 4.01. The first-order valence-electron chi connectivity index (χ1n) is 12.0. The molecule has 0 bridgehead atoms. The Balaban J connectivity index is 1.50. The van der Waals surface area contributed by atoms with Crippen molar-refractivity contribution in [3.05, 3.63) is 47.0 Å². The molecule has 0 saturated heterocycles. The molecule has 188 valence electrons. The Morgan fingerprint density at radius 2 is 2.22 bits per heavy atom. The van der Waals surface area contributed by atoms with Gasteiger partial charge in [0, 0.05) is 30.3 Å². The Bertz CT molecular complexity index is 1400. The molecule has 3 aromatic heterocycles. The molecule has 1 amide bonds. The SMILES string of the molecule is CNC(=O)[C@]1(C)CC[C@@H](Nc2ncc3c(Br)nn(-c4ccc(-c5ncco5)c(C(C)CN)c4)c3n2)C1. The van der Waals surface area contributed by atoms with Crippen LogP contribution in [0.4, 0.5) is 5.95 Å². The summed E-state index contributed by atoms with van der Waals surface area (Å²) in [4.78, 5) is 25.9. The number of amides is 1. The lowest BCUT2D eigenvalue weighted by molar-refractivity contribution is -0.129. The van der Waals surface area contributed by atoms with Crippen molar-refractivity contribution in [1.82, 2.24) is 30.0 Å². The number of nitrogens with one attached hydrogen (secondary N) is 2. The van der Waals surface area contributed by atoms with Crippen LogP contribution in [0, 0.1) is 5.41 Å². The molecule has 3 heterocycles. The molecule has 1 unspecified atom stereocenters. The molecule has 4 aromatic rings. The van der Waals surface area contributed by atoms with Crippen LogP contribution in [0.25, 0.3) is 28.2 Å². The van der Waals surface area contributed by atoms with Gasteiger partial charge in [-0.15, -0.1) is 0 Å². The third-order valence-corrected chi connectivity index (χ3v) is 7.64. The number of hydrogen-bond donors (Lipinski definition) is 3. The van der Waals surface area contributed by atoms with Gasteiger partial charge in [0.05, 0.1) is 17.3 Å². The van der Waals surface area contributed by atoms with Gasteiger partial charge in [0.25, 0.3) is 0 Å². The van der Waals surface area contributed by atoms with Crippen molar-refractivity contribution in [1.29, 1.82) is 0 Å². The molecule has 0 aliphatic heterocycles. The Labute approximate surface area is 217 Å². The van der Waals surface area contributed by atoms with Gasteiger partial charge in [0.15, 0.2) is 5.65 Å². The lowest BCUT2D eigenvalue weighted by Gasteiger charge is -2.22. The first-order chi connectivity index (χ1) is 17.3. The van der Waals surface area contributed by atoms with Gasteiger partial charge in [0.1, 0.15) is 10.9 Å². The number of benzene rings is 1. The quantitative estimate of drug-likeness (QED) is 0.312. The normalized spacial score (nSPS) is 20.5. The summed E-state index contributed by atoms with van der Waals surface area (Å²) in [6, 6.07) is 6.10. The summed E-state index contributed by atoms with van der Waals surface area (Å²) in [6.07, 6.45) is 7.36. The highest BCUT2D eigenvalue weighted by Crippen LogP contribution is 2.39. The number of aromatic nitrogens is 5. The molecule has 3 atom stereocenters. The van der Waals surface area contributed by atoms with Gasteiger partial charge in [-0.2, -0.15) is 10.1 Å². The van der Waals surface area contributed by atoms with E-state index in [1.165, 1.54) is 0 Å². The van der Waals surface area contributed by atoms with E-state index in [4.69, 9.17) is 15.1 Å². The molecular formula is C25H29BrN8O2. The molecule has 10 nitrogen and oxygen atoms in total. The molecule has 1 fully saturated rings. The lowest BCUT2D eigenvalue weighted by Crippen LogP contribution is -2.35. The van der Waals surface area contributed by atoms with E-state index in [0.717, 1.165) is 41.5 Å². The van der Waals surface area contributed by atoms with Crippen LogP contribution in [0.15, 0.2) is 45.9 Å². The first-order valence-corrected chi connectivity index (χ1v) is 12.8. The number of hydrogen-bond acceptors (Lipinski definition) is 8. The third-order valence-electron chi connectivity index (χ3n) is 7.06. The van der Waals surface area contributed by atoms with Gasteiger partial charge < -0.3 is 20.8 Å². The number of nitrogens with two attached hydrogens (primary N) is 1. The molecular weight excluding hydrogens is 524 g/mol. The Hall–Kier alpha value is -3.31. The molecule has 1 aliphatic carbocycles. The zero-order chi connectivity index (χ0) is 25.4. The van der Waals surface area contributed by atoms with Gasteiger partial charge >= 0.3 is 0 Å². The summed E-state index contributed by atoms with van der Waals surface area (Å²) in [5.74, 6) is 1.22. The fourth-order valence-electron chi connectivity index (χ4n) is 4.94. The van der Waals surface area contributed by atoms with Crippen molar-refractivity contribution in [3.8, 4) is 17.1 Å². The van der Waals surface area contributed by atoms with Crippen LogP contribution in [-0.4, -0.2) is 50.3 Å². The summed E-state index contributed by atoms with van der Waals surface area (Å²) >= 11 is 3.55. The first kappa shape index (κ1) is 24.4. The lowest BCUT2D eigenvalue weighted by atomic mass is 9.87. The minimum absolute atomic E-state index is 0.0703. The minimum atomic E-state index is -0.387. The van der Waals surface area contributed by atoms with Crippen molar-refractivity contribution >= 4 is 38.8 Å². The number of carbonyl (C=O) groups excluding carboxylic acids is 1. The maximum Gasteiger partial charge on any atom is 0.226 e. The van der Waals surface area contributed by atoms with Crippen LogP contribution >= 0.6 is 15.9 Å². The van der Waals surface area contributed by atoms with Crippen LogP contribution < -0.4 is 16.4 Å². The molecule has 1 aromatic carbocycles. The minimum Gasteiger partial charge on any atom is -0.445 e. The summed E-state index contributed by atoms with van der Waals surface area (Å²) < 4.78 is 8.00. The fraction of sp³-hybridized carbons (Fsp3) is 0.400. The van der Waals surface area contributed by atoms with Gasteiger partial charge in [-0.05, 0) is 71.4 Å². The van der Waals surface area contributed by atoms with E-state index in [-0.39, 0.29) is 23.3 Å². The van der Waals surface area contributed by atoms with Crippen LogP contribution in [0.5, 0.6) is 0 Å². The average Bonchev–Trinajstić information content (AvgIpc) is 3.63. The van der Waals surface area contributed by atoms with E-state index in [0.29, 0.717) is 28.6 Å². The standard InChI is InChI=1S/C25H29BrN8O2/c1-14(12-27)18-10-16(4-5-17(18)22-29-8-9-36-22)34-21-19(20(26)33-34)13-30-24(32-21)31-15-6-7-25(2,11-15)23(35)28-3/h4-5,8-10,13-15H,6-7,11-12,27H2,1-3H3,(H,28,35)(H,30,31,32)/t14?,15-,25-/m1/s1. The van der Waals surface area contributed by atoms with Crippen LogP contribution in [-0.2, 0) is 4.79 Å². The number of nitrogens with zero attached hydrogens (tertiary/aromatic N) is 5. The van der Waals surface area contributed by atoms with E-state index < -0.39 is 0 Å². The number of rotatable bonds is 7. The van der Waals surface area contributed by atoms with Gasteiger partial charge in [-0.1, -0.05) is 13.8 Å². The summed E-state index contributed by atoms with van der Waals surface area (Å²) in [6.45, 7) is 4.56. The van der Waals surface area contributed by atoms with Gasteiger partial charge in [-0.3, -0.25) is 4.79 Å². The molecule has 1 aliphatic rings. The van der Waals surface area contributed by atoms with Crippen LogP contribution in [0.3, 0.4) is 0 Å². The van der Waals surface area contributed by atoms with Crippen LogP contribution in [0.1, 0.15) is 44.6 Å². The maximum atomic E-state index is 12.3. The van der Waals surface area contributed by atoms with Crippen LogP contribution in [0.2, 0.25) is 0 Å². The largest absolute Gasteiger partial charge is 0.445 e. The third kappa shape index (κ3) is 4.37. The molecule has 1 saturated carbocycles. The van der Waals surface area contributed by atoms with Crippen molar-refractivity contribution in [2.45, 2.75) is 45.1 Å². The number of halogens is 1. The molecule has 36 heavy (non-hydrogen) atoms. The smallest absolute Gasteiger partial charge is 0.226 e. The number of oxazole rings is 1. The van der Waals surface area contributed by atoms with Crippen molar-refractivity contribution in [2.75, 3.05) is 18.9 Å². The van der Waals surface area contributed by atoms with E-state index in [2.05, 4.69) is 54.6 Å². The van der Waals surface area contributed by atoms with Crippen molar-refractivity contribution < 1.29 is 9.21 Å². The highest BCUT2D eigenvalue weighted by molar-refractivity contribution is 9.10. The highest BCUT2D eigenvalue weighted by Gasteiger charge is 2.41. The van der Waals surface area contributed by atoms with Gasteiger partial charge in [0.2, 0.25) is 17.7 Å². The molecule has 5 rings (SSSR count). The number of carbonyl (C=O) groups is 1. The predicted molar refractivity (Wildman–Crippen MR) is 141 cm³/mol. The second-order valence-electron chi connectivity index (χ2n) is 9.60. The fourth-order valence-corrected chi connectivity index (χ4v) is 5.38. The Kier molecular flexibility index (Phi) is 6.52. The summed E-state index contributed by atoms with van der Waals surface area (Å²) in [5, 5.41) is 11.7. The number of anilines is 1. The van der Waals surface area contributed by atoms with Crippen molar-refractivity contribution in [3.63, 3.8) is 0 Å². The Morgan fingerprint density at radius 3 is 2.94 bits per heavy atom. The van der Waals surface area contributed by atoms with E-state index in [1.807, 2.05) is 19.1 Å². The second kappa shape index (κ2) is 9.62. The molecule has 0 spiro atoms. The van der Waals surface area contributed by atoms with E-state index in [9.17, 15) is 4.79 Å². The summed E-state index contributed by atoms with van der Waals surface area (Å²) in [5.41, 5.74) is 9.06. The highest BCUT2D eigenvalue weighted by atomic mass is 79.9. The van der Waals surface area contributed by atoms with E-state index >= 15 is 0 Å². The second-order valence-corrected chi connectivity index (χ2v) is 10.4. The topological polar surface area (TPSA) is 137 Å². The average molecular weight is 553 g/mol. The number of fused-ring (bicyclic) bond motifs is 1. The van der Waals surface area contributed by atoms with Crippen molar-refractivity contribution in [2.24, 2.45) is 11.1 Å². The summed E-state index contributed by atoms with van der Waals surface area (Å²) in [7, 11) is 1.68. The maximum absolute atomic E-state index is 12.3. The zero-order valence-corrected chi connectivity index (χ0v) is 22.0. The molecule has 11 heteroatoms. The molecule has 0 radical (unpaired) electrons. The monoisotopic (exact) mass is 552 g/mol.